The first-order valence-corrected chi connectivity index (χ1v) is 9.18. The first kappa shape index (κ1) is 21.0. The maximum Gasteiger partial charge on any atom is 0.471 e. The van der Waals surface area contributed by atoms with E-state index in [2.05, 4.69) is 14.7 Å². The Morgan fingerprint density at radius 3 is 2.15 bits per heavy atom. The van der Waals surface area contributed by atoms with E-state index in [-0.39, 0.29) is 23.5 Å². The van der Waals surface area contributed by atoms with E-state index >= 15 is 0 Å². The fourth-order valence-corrected chi connectivity index (χ4v) is 3.33. The van der Waals surface area contributed by atoms with E-state index in [1.54, 1.807) is 0 Å². The second-order valence-electron chi connectivity index (χ2n) is 6.79. The minimum absolute atomic E-state index is 0.203. The summed E-state index contributed by atoms with van der Waals surface area (Å²) in [5.41, 5.74) is 0.427. The molecule has 2 rings (SSSR count). The van der Waals surface area contributed by atoms with E-state index in [0.29, 0.717) is 0 Å². The Bertz CT molecular complexity index is 929. The molecule has 0 radical (unpaired) electrons. The lowest BCUT2D eigenvalue weighted by molar-refractivity contribution is -0.159. The fourth-order valence-electron chi connectivity index (χ4n) is 2.11. The predicted octanol–water partition coefficient (Wildman–Crippen LogP) is 3.00. The largest absolute Gasteiger partial charge is 0.471 e. The van der Waals surface area contributed by atoms with Crippen molar-refractivity contribution >= 4 is 15.8 Å². The summed E-state index contributed by atoms with van der Waals surface area (Å²) in [5.74, 6) is -2.19. The van der Waals surface area contributed by atoms with Crippen molar-refractivity contribution < 1.29 is 30.9 Å². The van der Waals surface area contributed by atoms with Gasteiger partial charge in [-0.3, -0.25) is 4.79 Å². The van der Waals surface area contributed by atoms with Crippen LogP contribution in [0.4, 0.5) is 13.2 Å². The molecule has 0 spiro atoms. The average Bonchev–Trinajstić information content (AvgIpc) is 3.04. The number of hydrogen-bond donors (Lipinski definition) is 0. The Balaban J connectivity index is 2.15. The quantitative estimate of drug-likeness (QED) is 0.710. The van der Waals surface area contributed by atoms with Gasteiger partial charge in [-0.05, 0) is 20.8 Å². The molecular formula is C16H18F3N3O4S. The third kappa shape index (κ3) is 4.53. The van der Waals surface area contributed by atoms with Crippen LogP contribution in [0.3, 0.4) is 0 Å². The zero-order valence-electron chi connectivity index (χ0n) is 15.0. The molecule has 0 aliphatic rings. The number of carbonyl (C=O) groups is 1. The van der Waals surface area contributed by atoms with Crippen LogP contribution in [-0.4, -0.2) is 47.0 Å². The van der Waals surface area contributed by atoms with E-state index in [1.165, 1.54) is 52.1 Å². The number of rotatable bonds is 5. The lowest BCUT2D eigenvalue weighted by atomic mass is 10.1. The monoisotopic (exact) mass is 405 g/mol. The summed E-state index contributed by atoms with van der Waals surface area (Å²) in [6, 6.07) is 5.44. The highest BCUT2D eigenvalue weighted by Gasteiger charge is 2.38. The highest BCUT2D eigenvalue weighted by atomic mass is 32.2. The Hall–Kier alpha value is -2.27. The number of likely N-dealkylation sites (N-methyl/N-ethyl adjacent to an activating group) is 1. The van der Waals surface area contributed by atoms with Crippen LogP contribution in [0.1, 0.15) is 37.0 Å². The molecule has 0 N–H and O–H groups in total. The zero-order chi connectivity index (χ0) is 20.6. The third-order valence-corrected chi connectivity index (χ3v) is 6.18. The average molecular weight is 405 g/mol. The summed E-state index contributed by atoms with van der Waals surface area (Å²) in [6.45, 7) is 4.22. The molecule has 0 atom stereocenters. The normalized spacial score (nSPS) is 13.2. The number of halogens is 3. The third-order valence-electron chi connectivity index (χ3n) is 3.68. The van der Waals surface area contributed by atoms with Crippen LogP contribution in [0.15, 0.2) is 28.8 Å². The maximum absolute atomic E-state index is 12.5. The predicted molar refractivity (Wildman–Crippen MR) is 90.4 cm³/mol. The summed E-state index contributed by atoms with van der Waals surface area (Å²) in [7, 11) is -2.36. The molecule has 1 aromatic carbocycles. The van der Waals surface area contributed by atoms with E-state index in [0.717, 1.165) is 4.31 Å². The van der Waals surface area contributed by atoms with Gasteiger partial charge in [-0.25, -0.2) is 8.42 Å². The summed E-state index contributed by atoms with van der Waals surface area (Å²) < 4.78 is 66.1. The van der Waals surface area contributed by atoms with Crippen molar-refractivity contribution in [2.75, 3.05) is 13.6 Å². The summed E-state index contributed by atoms with van der Waals surface area (Å²) >= 11 is 0. The zero-order valence-corrected chi connectivity index (χ0v) is 15.8. The molecule has 1 heterocycles. The number of Topliss-reactive ketones (excluding diaryl/α,β-unsaturated/α-hetero) is 1. The molecular weight excluding hydrogens is 387 g/mol. The van der Waals surface area contributed by atoms with Crippen molar-refractivity contribution in [3.8, 4) is 11.4 Å². The Labute approximate surface area is 154 Å². The van der Waals surface area contributed by atoms with Gasteiger partial charge in [-0.15, -0.1) is 0 Å². The van der Waals surface area contributed by atoms with Gasteiger partial charge in [0.2, 0.25) is 15.8 Å². The van der Waals surface area contributed by atoms with Gasteiger partial charge in [0, 0.05) is 18.2 Å². The van der Waals surface area contributed by atoms with Crippen molar-refractivity contribution in [2.24, 2.45) is 0 Å². The van der Waals surface area contributed by atoms with Crippen LogP contribution >= 0.6 is 0 Å². The van der Waals surface area contributed by atoms with E-state index in [4.69, 9.17) is 0 Å². The fraction of sp³-hybridized carbons (Fsp3) is 0.438. The minimum atomic E-state index is -4.75. The van der Waals surface area contributed by atoms with Crippen LogP contribution < -0.4 is 0 Å². The Morgan fingerprint density at radius 1 is 1.15 bits per heavy atom. The minimum Gasteiger partial charge on any atom is -0.329 e. The number of carbonyl (C=O) groups excluding carboxylic acids is 1. The number of ketones is 1. The van der Waals surface area contributed by atoms with E-state index in [9.17, 15) is 26.4 Å². The first-order valence-electron chi connectivity index (χ1n) is 7.74. The van der Waals surface area contributed by atoms with Crippen LogP contribution in [-0.2, 0) is 16.2 Å². The van der Waals surface area contributed by atoms with Crippen molar-refractivity contribution in [1.29, 1.82) is 0 Å². The molecule has 0 aliphatic heterocycles. The van der Waals surface area contributed by atoms with Crippen molar-refractivity contribution in [2.45, 2.75) is 31.7 Å². The smallest absolute Gasteiger partial charge is 0.329 e. The molecule has 11 heteroatoms. The molecule has 0 amide bonds. The van der Waals surface area contributed by atoms with Gasteiger partial charge in [0.05, 0.1) is 11.3 Å². The molecule has 2 aromatic rings. The SMILES string of the molecule is CN(CC(=O)c1ccc(-c2noc(C(F)(F)F)n2)cc1)S(=O)(=O)C(C)(C)C. The van der Waals surface area contributed by atoms with Crippen LogP contribution in [0.5, 0.6) is 0 Å². The first-order chi connectivity index (χ1) is 12.2. The Kier molecular flexibility index (Phi) is 5.48. The highest BCUT2D eigenvalue weighted by Crippen LogP contribution is 2.29. The maximum atomic E-state index is 12.5. The van der Waals surface area contributed by atoms with Crippen molar-refractivity contribution in [1.82, 2.24) is 14.4 Å². The van der Waals surface area contributed by atoms with Crippen LogP contribution in [0.25, 0.3) is 11.4 Å². The lowest BCUT2D eigenvalue weighted by Gasteiger charge is -2.26. The lowest BCUT2D eigenvalue weighted by Crippen LogP contribution is -2.42. The van der Waals surface area contributed by atoms with Gasteiger partial charge in [-0.2, -0.15) is 22.5 Å². The highest BCUT2D eigenvalue weighted by molar-refractivity contribution is 7.90. The van der Waals surface area contributed by atoms with Gasteiger partial charge >= 0.3 is 12.1 Å². The molecule has 0 bridgehead atoms. The number of sulfonamides is 1. The molecule has 0 saturated heterocycles. The van der Waals surface area contributed by atoms with Crippen molar-refractivity contribution in [3.05, 3.63) is 35.7 Å². The molecule has 1 aromatic heterocycles. The molecule has 0 fully saturated rings. The van der Waals surface area contributed by atoms with Gasteiger partial charge < -0.3 is 4.52 Å². The number of benzene rings is 1. The summed E-state index contributed by atoms with van der Waals surface area (Å²) in [6.07, 6.45) is -4.75. The molecule has 0 aliphatic carbocycles. The molecule has 7 nitrogen and oxygen atoms in total. The van der Waals surface area contributed by atoms with Gasteiger partial charge in [0.1, 0.15) is 0 Å². The summed E-state index contributed by atoms with van der Waals surface area (Å²) in [5, 5.41) is 3.26. The summed E-state index contributed by atoms with van der Waals surface area (Å²) in [4.78, 5) is 15.6. The molecule has 148 valence electrons. The van der Waals surface area contributed by atoms with Gasteiger partial charge in [0.25, 0.3) is 0 Å². The molecule has 0 unspecified atom stereocenters. The van der Waals surface area contributed by atoms with Crippen LogP contribution in [0, 0.1) is 0 Å². The number of nitrogens with zero attached hydrogens (tertiary/aromatic N) is 3. The second-order valence-corrected chi connectivity index (χ2v) is 9.59. The second kappa shape index (κ2) is 7.04. The Morgan fingerprint density at radius 2 is 1.70 bits per heavy atom. The molecule has 0 saturated carbocycles. The molecule has 27 heavy (non-hydrogen) atoms. The number of aromatic nitrogens is 2. The van der Waals surface area contributed by atoms with E-state index < -0.39 is 32.6 Å². The van der Waals surface area contributed by atoms with Crippen LogP contribution in [0.2, 0.25) is 0 Å². The number of hydrogen-bond acceptors (Lipinski definition) is 6. The van der Waals surface area contributed by atoms with Gasteiger partial charge in [-0.1, -0.05) is 29.4 Å². The van der Waals surface area contributed by atoms with Gasteiger partial charge in [0.15, 0.2) is 5.78 Å². The van der Waals surface area contributed by atoms with E-state index in [1.807, 2.05) is 0 Å². The topological polar surface area (TPSA) is 93.4 Å². The number of alkyl halides is 3. The standard InChI is InChI=1S/C16H18F3N3O4S/c1-15(2,3)27(24,25)22(4)9-12(23)10-5-7-11(8-6-10)13-20-14(26-21-13)16(17,18)19/h5-8H,9H2,1-4H3. The van der Waals surface area contributed by atoms with Crippen molar-refractivity contribution in [3.63, 3.8) is 0 Å².